The van der Waals surface area contributed by atoms with Gasteiger partial charge in [-0.15, -0.1) is 0 Å². The number of carbonyl (C=O) groups excluding carboxylic acids is 1. The fourth-order valence-corrected chi connectivity index (χ4v) is 1.80. The Kier molecular flexibility index (Phi) is 5.04. The Morgan fingerprint density at radius 2 is 2.00 bits per heavy atom. The number of hydrogen-bond acceptors (Lipinski definition) is 3. The smallest absolute Gasteiger partial charge is 0.333 e. The SMILES string of the molecule is CC(C)(Cc1ccccc1)OC(CC=O)C(=O)O. The Morgan fingerprint density at radius 1 is 1.39 bits per heavy atom. The number of hydrogen-bond donors (Lipinski definition) is 1. The van der Waals surface area contributed by atoms with Gasteiger partial charge in [0.05, 0.1) is 5.60 Å². The van der Waals surface area contributed by atoms with Gasteiger partial charge in [0.15, 0.2) is 6.10 Å². The number of aliphatic carboxylic acids is 1. The van der Waals surface area contributed by atoms with Crippen molar-refractivity contribution in [3.05, 3.63) is 35.9 Å². The second-order valence-electron chi connectivity index (χ2n) is 4.77. The zero-order chi connectivity index (χ0) is 13.6. The molecule has 0 aliphatic heterocycles. The Bertz CT molecular complexity index is 398. The Labute approximate surface area is 107 Å². The van der Waals surface area contributed by atoms with Gasteiger partial charge in [0, 0.05) is 12.8 Å². The number of ether oxygens (including phenoxy) is 1. The fraction of sp³-hybridized carbons (Fsp3) is 0.429. The van der Waals surface area contributed by atoms with Gasteiger partial charge in [-0.1, -0.05) is 30.3 Å². The number of benzene rings is 1. The third kappa shape index (κ3) is 4.67. The highest BCUT2D eigenvalue weighted by Crippen LogP contribution is 2.20. The number of carboxylic acids is 1. The third-order valence-electron chi connectivity index (χ3n) is 2.52. The van der Waals surface area contributed by atoms with E-state index in [1.165, 1.54) is 0 Å². The van der Waals surface area contributed by atoms with E-state index >= 15 is 0 Å². The topological polar surface area (TPSA) is 63.6 Å². The molecule has 0 radical (unpaired) electrons. The molecule has 0 aliphatic rings. The maximum Gasteiger partial charge on any atom is 0.333 e. The zero-order valence-corrected chi connectivity index (χ0v) is 10.6. The summed E-state index contributed by atoms with van der Waals surface area (Å²) in [5.41, 5.74) is 0.436. The van der Waals surface area contributed by atoms with Crippen LogP contribution in [0.3, 0.4) is 0 Å². The lowest BCUT2D eigenvalue weighted by atomic mass is 9.98. The molecule has 0 amide bonds. The minimum absolute atomic E-state index is 0.131. The molecule has 0 saturated carbocycles. The largest absolute Gasteiger partial charge is 0.479 e. The summed E-state index contributed by atoms with van der Waals surface area (Å²) < 4.78 is 5.51. The molecular weight excluding hydrogens is 232 g/mol. The average molecular weight is 250 g/mol. The maximum atomic E-state index is 10.9. The molecule has 1 aromatic carbocycles. The van der Waals surface area contributed by atoms with Crippen molar-refractivity contribution in [2.24, 2.45) is 0 Å². The summed E-state index contributed by atoms with van der Waals surface area (Å²) in [5, 5.41) is 8.95. The molecule has 0 aliphatic carbocycles. The van der Waals surface area contributed by atoms with Crippen LogP contribution < -0.4 is 0 Å². The summed E-state index contributed by atoms with van der Waals surface area (Å²) in [6, 6.07) is 9.68. The van der Waals surface area contributed by atoms with Crippen molar-refractivity contribution >= 4 is 12.3 Å². The van der Waals surface area contributed by atoms with Crippen LogP contribution in [0.1, 0.15) is 25.8 Å². The van der Waals surface area contributed by atoms with Crippen molar-refractivity contribution in [3.8, 4) is 0 Å². The summed E-state index contributed by atoms with van der Waals surface area (Å²) >= 11 is 0. The average Bonchev–Trinajstić information content (AvgIpc) is 2.28. The van der Waals surface area contributed by atoms with E-state index in [0.717, 1.165) is 5.56 Å². The molecule has 0 aromatic heterocycles. The van der Waals surface area contributed by atoms with Crippen LogP contribution in [-0.2, 0) is 20.7 Å². The van der Waals surface area contributed by atoms with Gasteiger partial charge in [0.1, 0.15) is 6.29 Å². The summed E-state index contributed by atoms with van der Waals surface area (Å²) in [6.45, 7) is 3.64. The molecule has 1 N–H and O–H groups in total. The van der Waals surface area contributed by atoms with E-state index in [1.54, 1.807) is 0 Å². The molecule has 4 nitrogen and oxygen atoms in total. The lowest BCUT2D eigenvalue weighted by Crippen LogP contribution is -2.37. The zero-order valence-electron chi connectivity index (χ0n) is 10.6. The third-order valence-corrected chi connectivity index (χ3v) is 2.52. The van der Waals surface area contributed by atoms with Gasteiger partial charge in [-0.3, -0.25) is 0 Å². The van der Waals surface area contributed by atoms with Crippen molar-refractivity contribution in [2.75, 3.05) is 0 Å². The molecule has 1 aromatic rings. The number of carboxylic acid groups (broad SMARTS) is 1. The van der Waals surface area contributed by atoms with Crippen LogP contribution in [0.4, 0.5) is 0 Å². The summed E-state index contributed by atoms with van der Waals surface area (Å²) in [7, 11) is 0. The highest BCUT2D eigenvalue weighted by Gasteiger charge is 2.28. The van der Waals surface area contributed by atoms with Gasteiger partial charge in [-0.25, -0.2) is 4.79 Å². The molecule has 98 valence electrons. The first kappa shape index (κ1) is 14.4. The molecule has 0 heterocycles. The molecule has 0 saturated heterocycles. The van der Waals surface area contributed by atoms with E-state index in [4.69, 9.17) is 9.84 Å². The molecule has 0 spiro atoms. The number of rotatable bonds is 7. The van der Waals surface area contributed by atoms with Crippen LogP contribution >= 0.6 is 0 Å². The number of aldehydes is 1. The second-order valence-corrected chi connectivity index (χ2v) is 4.77. The lowest BCUT2D eigenvalue weighted by Gasteiger charge is -2.28. The van der Waals surface area contributed by atoms with Crippen molar-refractivity contribution < 1.29 is 19.4 Å². The van der Waals surface area contributed by atoms with Crippen molar-refractivity contribution in [1.29, 1.82) is 0 Å². The van der Waals surface area contributed by atoms with E-state index in [2.05, 4.69) is 0 Å². The van der Waals surface area contributed by atoms with Crippen LogP contribution in [0.5, 0.6) is 0 Å². The van der Waals surface area contributed by atoms with Crippen molar-refractivity contribution in [3.63, 3.8) is 0 Å². The highest BCUT2D eigenvalue weighted by molar-refractivity contribution is 5.75. The van der Waals surface area contributed by atoms with Crippen molar-refractivity contribution in [2.45, 2.75) is 38.4 Å². The number of carbonyl (C=O) groups is 2. The van der Waals surface area contributed by atoms with E-state index < -0.39 is 17.7 Å². The first-order chi connectivity index (χ1) is 8.44. The normalized spacial score (nSPS) is 13.0. The minimum atomic E-state index is -1.11. The predicted molar refractivity (Wildman–Crippen MR) is 67.4 cm³/mol. The maximum absolute atomic E-state index is 10.9. The monoisotopic (exact) mass is 250 g/mol. The molecule has 1 rings (SSSR count). The lowest BCUT2D eigenvalue weighted by molar-refractivity contribution is -0.162. The summed E-state index contributed by atoms with van der Waals surface area (Å²) in [5.74, 6) is -1.11. The van der Waals surface area contributed by atoms with Gasteiger partial charge in [-0.2, -0.15) is 0 Å². The van der Waals surface area contributed by atoms with E-state index in [1.807, 2.05) is 44.2 Å². The standard InChI is InChI=1S/C14H18O4/c1-14(2,10-11-6-4-3-5-7-11)18-12(8-9-15)13(16)17/h3-7,9,12H,8,10H2,1-2H3,(H,16,17). The Balaban J connectivity index is 2.68. The first-order valence-electron chi connectivity index (χ1n) is 5.83. The van der Waals surface area contributed by atoms with Crippen LogP contribution in [-0.4, -0.2) is 29.1 Å². The second kappa shape index (κ2) is 6.31. The quantitative estimate of drug-likeness (QED) is 0.752. The Morgan fingerprint density at radius 3 is 2.50 bits per heavy atom. The Hall–Kier alpha value is -1.68. The molecule has 18 heavy (non-hydrogen) atoms. The van der Waals surface area contributed by atoms with Gasteiger partial charge in [-0.05, 0) is 19.4 Å². The fourth-order valence-electron chi connectivity index (χ4n) is 1.80. The predicted octanol–water partition coefficient (Wildman–Crippen LogP) is 2.07. The van der Waals surface area contributed by atoms with Gasteiger partial charge in [0.2, 0.25) is 0 Å². The van der Waals surface area contributed by atoms with Gasteiger partial charge >= 0.3 is 5.97 Å². The highest BCUT2D eigenvalue weighted by atomic mass is 16.5. The summed E-state index contributed by atoms with van der Waals surface area (Å²) in [6.07, 6.45) is -0.0530. The van der Waals surface area contributed by atoms with E-state index in [0.29, 0.717) is 12.7 Å². The molecule has 0 bridgehead atoms. The molecular formula is C14H18O4. The van der Waals surface area contributed by atoms with Crippen molar-refractivity contribution in [1.82, 2.24) is 0 Å². The van der Waals surface area contributed by atoms with Gasteiger partial charge < -0.3 is 14.6 Å². The molecule has 4 heteroatoms. The summed E-state index contributed by atoms with van der Waals surface area (Å²) in [4.78, 5) is 21.4. The van der Waals surface area contributed by atoms with E-state index in [-0.39, 0.29) is 6.42 Å². The minimum Gasteiger partial charge on any atom is -0.479 e. The molecule has 1 unspecified atom stereocenters. The van der Waals surface area contributed by atoms with E-state index in [9.17, 15) is 9.59 Å². The van der Waals surface area contributed by atoms with Crippen LogP contribution in [0, 0.1) is 0 Å². The van der Waals surface area contributed by atoms with Crippen LogP contribution in [0.15, 0.2) is 30.3 Å². The first-order valence-corrected chi connectivity index (χ1v) is 5.83. The molecule has 1 atom stereocenters. The molecule has 0 fully saturated rings. The van der Waals surface area contributed by atoms with Crippen LogP contribution in [0.2, 0.25) is 0 Å². The van der Waals surface area contributed by atoms with Crippen LogP contribution in [0.25, 0.3) is 0 Å². The van der Waals surface area contributed by atoms with Gasteiger partial charge in [0.25, 0.3) is 0 Å².